The van der Waals surface area contributed by atoms with Gasteiger partial charge in [-0.05, 0) is 12.1 Å². The number of ether oxygens (including phenoxy) is 1. The SMILES string of the molecule is NC(=O)COCCNC(=O)NCc1ccc(C(=O)O)o1. The van der Waals surface area contributed by atoms with Crippen molar-refractivity contribution in [3.63, 3.8) is 0 Å². The maximum atomic E-state index is 11.3. The van der Waals surface area contributed by atoms with Crippen LogP contribution in [-0.4, -0.2) is 42.8 Å². The van der Waals surface area contributed by atoms with Crippen LogP contribution in [0.1, 0.15) is 16.3 Å². The Labute approximate surface area is 114 Å². The Morgan fingerprint density at radius 1 is 1.30 bits per heavy atom. The molecule has 20 heavy (non-hydrogen) atoms. The minimum Gasteiger partial charge on any atom is -0.475 e. The van der Waals surface area contributed by atoms with E-state index in [0.717, 1.165) is 0 Å². The number of aromatic carboxylic acids is 1. The lowest BCUT2D eigenvalue weighted by Gasteiger charge is -2.06. The van der Waals surface area contributed by atoms with Gasteiger partial charge in [0.1, 0.15) is 12.4 Å². The van der Waals surface area contributed by atoms with E-state index in [1.165, 1.54) is 12.1 Å². The molecular formula is C11H15N3O6. The molecule has 0 bridgehead atoms. The number of rotatable bonds is 8. The first-order chi connectivity index (χ1) is 9.49. The van der Waals surface area contributed by atoms with Gasteiger partial charge in [0.25, 0.3) is 0 Å². The summed E-state index contributed by atoms with van der Waals surface area (Å²) in [4.78, 5) is 32.2. The van der Waals surface area contributed by atoms with Crippen LogP contribution < -0.4 is 16.4 Å². The molecule has 0 aliphatic carbocycles. The standard InChI is InChI=1S/C11H15N3O6/c12-9(15)6-19-4-3-13-11(18)14-5-7-1-2-8(20-7)10(16)17/h1-2H,3-6H2,(H2,12,15)(H,16,17)(H2,13,14,18). The van der Waals surface area contributed by atoms with Crippen molar-refractivity contribution in [3.05, 3.63) is 23.7 Å². The number of carbonyl (C=O) groups excluding carboxylic acids is 2. The van der Waals surface area contributed by atoms with Gasteiger partial charge in [-0.15, -0.1) is 0 Å². The van der Waals surface area contributed by atoms with E-state index in [0.29, 0.717) is 5.76 Å². The largest absolute Gasteiger partial charge is 0.475 e. The third-order valence-corrected chi connectivity index (χ3v) is 2.07. The fourth-order valence-electron chi connectivity index (χ4n) is 1.23. The molecule has 9 nitrogen and oxygen atoms in total. The molecule has 0 fully saturated rings. The van der Waals surface area contributed by atoms with Crippen molar-refractivity contribution >= 4 is 17.9 Å². The van der Waals surface area contributed by atoms with Gasteiger partial charge in [0, 0.05) is 6.54 Å². The lowest BCUT2D eigenvalue weighted by atomic mass is 10.4. The van der Waals surface area contributed by atoms with Crippen LogP contribution in [0.15, 0.2) is 16.5 Å². The number of hydrogen-bond donors (Lipinski definition) is 4. The van der Waals surface area contributed by atoms with Gasteiger partial charge in [-0.2, -0.15) is 0 Å². The third kappa shape index (κ3) is 5.87. The van der Waals surface area contributed by atoms with Crippen LogP contribution in [0, 0.1) is 0 Å². The first-order valence-electron chi connectivity index (χ1n) is 5.69. The summed E-state index contributed by atoms with van der Waals surface area (Å²) in [6, 6.07) is 2.29. The molecule has 0 aromatic carbocycles. The Bertz CT molecular complexity index is 484. The number of urea groups is 1. The molecular weight excluding hydrogens is 270 g/mol. The summed E-state index contributed by atoms with van der Waals surface area (Å²) in [5, 5.41) is 13.6. The normalized spacial score (nSPS) is 10.0. The van der Waals surface area contributed by atoms with Crippen LogP contribution in [-0.2, 0) is 16.1 Å². The number of furan rings is 1. The van der Waals surface area contributed by atoms with Crippen molar-refractivity contribution in [1.29, 1.82) is 0 Å². The van der Waals surface area contributed by atoms with E-state index in [2.05, 4.69) is 10.6 Å². The van der Waals surface area contributed by atoms with Gasteiger partial charge in [-0.1, -0.05) is 0 Å². The number of carboxylic acids is 1. The van der Waals surface area contributed by atoms with Gasteiger partial charge in [-0.25, -0.2) is 9.59 Å². The summed E-state index contributed by atoms with van der Waals surface area (Å²) in [6.45, 7) is 0.215. The second kappa shape index (κ2) is 7.79. The molecule has 0 aliphatic heterocycles. The van der Waals surface area contributed by atoms with E-state index in [1.54, 1.807) is 0 Å². The summed E-state index contributed by atoms with van der Waals surface area (Å²) in [7, 11) is 0. The number of nitrogens with two attached hydrogens (primary N) is 1. The van der Waals surface area contributed by atoms with Crippen LogP contribution in [0.25, 0.3) is 0 Å². The van der Waals surface area contributed by atoms with Gasteiger partial charge in [-0.3, -0.25) is 4.79 Å². The summed E-state index contributed by atoms with van der Waals surface area (Å²) in [5.74, 6) is -1.63. The van der Waals surface area contributed by atoms with Gasteiger partial charge in [0.05, 0.1) is 13.2 Å². The number of hydrogen-bond acceptors (Lipinski definition) is 5. The number of nitrogens with one attached hydrogen (secondary N) is 2. The molecule has 1 aromatic rings. The molecule has 0 saturated carbocycles. The van der Waals surface area contributed by atoms with Crippen LogP contribution in [0.2, 0.25) is 0 Å². The molecule has 0 spiro atoms. The first kappa shape index (κ1) is 15.5. The van der Waals surface area contributed by atoms with Gasteiger partial charge in [0.15, 0.2) is 0 Å². The van der Waals surface area contributed by atoms with E-state index < -0.39 is 17.9 Å². The zero-order chi connectivity index (χ0) is 15.0. The van der Waals surface area contributed by atoms with E-state index in [4.69, 9.17) is 20.0 Å². The van der Waals surface area contributed by atoms with Crippen molar-refractivity contribution in [3.8, 4) is 0 Å². The molecule has 1 rings (SSSR count). The molecule has 0 atom stereocenters. The summed E-state index contributed by atoms with van der Waals surface area (Å²) < 4.78 is 9.78. The Balaban J connectivity index is 2.16. The zero-order valence-electron chi connectivity index (χ0n) is 10.5. The first-order valence-corrected chi connectivity index (χ1v) is 5.69. The quantitative estimate of drug-likeness (QED) is 0.464. The highest BCUT2D eigenvalue weighted by Crippen LogP contribution is 2.07. The van der Waals surface area contributed by atoms with Crippen LogP contribution in [0.3, 0.4) is 0 Å². The Morgan fingerprint density at radius 2 is 2.05 bits per heavy atom. The molecule has 1 heterocycles. The average molecular weight is 285 g/mol. The molecule has 0 saturated heterocycles. The number of primary amides is 1. The van der Waals surface area contributed by atoms with Crippen LogP contribution >= 0.6 is 0 Å². The van der Waals surface area contributed by atoms with Crippen LogP contribution in [0.4, 0.5) is 4.79 Å². The molecule has 0 radical (unpaired) electrons. The van der Waals surface area contributed by atoms with Crippen LogP contribution in [0.5, 0.6) is 0 Å². The molecule has 9 heteroatoms. The van der Waals surface area contributed by atoms with E-state index in [1.807, 2.05) is 0 Å². The maximum absolute atomic E-state index is 11.3. The molecule has 3 amide bonds. The lowest BCUT2D eigenvalue weighted by Crippen LogP contribution is -2.37. The van der Waals surface area contributed by atoms with Crippen molar-refractivity contribution in [2.24, 2.45) is 5.73 Å². The predicted octanol–water partition coefficient (Wildman–Crippen LogP) is -0.721. The molecule has 1 aromatic heterocycles. The third-order valence-electron chi connectivity index (χ3n) is 2.07. The topological polar surface area (TPSA) is 144 Å². The monoisotopic (exact) mass is 285 g/mol. The highest BCUT2D eigenvalue weighted by molar-refractivity contribution is 5.84. The average Bonchev–Trinajstić information content (AvgIpc) is 2.84. The highest BCUT2D eigenvalue weighted by Gasteiger charge is 2.09. The fourth-order valence-corrected chi connectivity index (χ4v) is 1.23. The summed E-state index contributed by atoms with van der Waals surface area (Å²) in [5.41, 5.74) is 4.85. The highest BCUT2D eigenvalue weighted by atomic mass is 16.5. The lowest BCUT2D eigenvalue weighted by molar-refractivity contribution is -0.122. The number of amides is 3. The smallest absolute Gasteiger partial charge is 0.371 e. The Hall–Kier alpha value is -2.55. The minimum atomic E-state index is -1.17. The van der Waals surface area contributed by atoms with Crippen molar-refractivity contribution in [2.75, 3.05) is 19.8 Å². The molecule has 5 N–H and O–H groups in total. The number of carboxylic acid groups (broad SMARTS) is 1. The Morgan fingerprint density at radius 3 is 2.65 bits per heavy atom. The van der Waals surface area contributed by atoms with Gasteiger partial charge < -0.3 is 30.6 Å². The minimum absolute atomic E-state index is 0.0568. The van der Waals surface area contributed by atoms with Crippen molar-refractivity contribution in [1.82, 2.24) is 10.6 Å². The number of carbonyl (C=O) groups is 3. The molecule has 0 aliphatic rings. The second-order valence-corrected chi connectivity index (χ2v) is 3.70. The van der Waals surface area contributed by atoms with E-state index in [-0.39, 0.29) is 32.1 Å². The van der Waals surface area contributed by atoms with Crippen molar-refractivity contribution in [2.45, 2.75) is 6.54 Å². The van der Waals surface area contributed by atoms with Gasteiger partial charge >= 0.3 is 12.0 Å². The Kier molecular flexibility index (Phi) is 6.04. The predicted molar refractivity (Wildman–Crippen MR) is 65.9 cm³/mol. The molecule has 0 unspecified atom stereocenters. The van der Waals surface area contributed by atoms with E-state index in [9.17, 15) is 14.4 Å². The summed E-state index contributed by atoms with van der Waals surface area (Å²) in [6.07, 6.45) is 0. The maximum Gasteiger partial charge on any atom is 0.371 e. The molecule has 110 valence electrons. The zero-order valence-corrected chi connectivity index (χ0v) is 10.5. The second-order valence-electron chi connectivity index (χ2n) is 3.70. The van der Waals surface area contributed by atoms with Gasteiger partial charge in [0.2, 0.25) is 11.7 Å². The summed E-state index contributed by atoms with van der Waals surface area (Å²) >= 11 is 0. The van der Waals surface area contributed by atoms with E-state index >= 15 is 0 Å². The van der Waals surface area contributed by atoms with Crippen molar-refractivity contribution < 1.29 is 28.6 Å². The fraction of sp³-hybridized carbons (Fsp3) is 0.364.